The summed E-state index contributed by atoms with van der Waals surface area (Å²) in [6.07, 6.45) is 0. The van der Waals surface area contributed by atoms with Gasteiger partial charge in [-0.1, -0.05) is 34.1 Å². The molecule has 0 fully saturated rings. The van der Waals surface area contributed by atoms with E-state index in [1.807, 2.05) is 25.1 Å². The average Bonchev–Trinajstić information content (AvgIpc) is 2.37. The lowest BCUT2D eigenvalue weighted by Gasteiger charge is -2.19. The van der Waals surface area contributed by atoms with Crippen LogP contribution in [0.2, 0.25) is 0 Å². The first-order chi connectivity index (χ1) is 9.02. The van der Waals surface area contributed by atoms with Crippen molar-refractivity contribution in [1.29, 1.82) is 0 Å². The fraction of sp³-hybridized carbons (Fsp3) is 0.200. The molecular weight excluding hydrogens is 312 g/mol. The van der Waals surface area contributed by atoms with Crippen molar-refractivity contribution in [2.75, 3.05) is 7.05 Å². The first-order valence-corrected chi connectivity index (χ1v) is 6.70. The Bertz CT molecular complexity index is 599. The lowest BCUT2D eigenvalue weighted by atomic mass is 9.98. The van der Waals surface area contributed by atoms with Gasteiger partial charge in [-0.15, -0.1) is 0 Å². The minimum absolute atomic E-state index is 0.190. The Morgan fingerprint density at radius 3 is 2.37 bits per heavy atom. The maximum Gasteiger partial charge on any atom is 0.159 e. The van der Waals surface area contributed by atoms with Gasteiger partial charge in [-0.2, -0.15) is 0 Å². The van der Waals surface area contributed by atoms with E-state index in [9.17, 15) is 8.78 Å². The summed E-state index contributed by atoms with van der Waals surface area (Å²) >= 11 is 3.51. The highest BCUT2D eigenvalue weighted by Crippen LogP contribution is 2.29. The molecule has 0 saturated heterocycles. The molecule has 0 bridgehead atoms. The van der Waals surface area contributed by atoms with Gasteiger partial charge in [0.1, 0.15) is 0 Å². The van der Waals surface area contributed by atoms with E-state index in [1.165, 1.54) is 6.07 Å². The highest BCUT2D eigenvalue weighted by atomic mass is 79.9. The summed E-state index contributed by atoms with van der Waals surface area (Å²) < 4.78 is 27.3. The number of hydrogen-bond acceptors (Lipinski definition) is 1. The molecule has 0 aliphatic carbocycles. The Morgan fingerprint density at radius 1 is 1.05 bits per heavy atom. The van der Waals surface area contributed by atoms with Crippen LogP contribution in [0, 0.1) is 18.6 Å². The molecule has 100 valence electrons. The Labute approximate surface area is 119 Å². The molecule has 1 unspecified atom stereocenters. The Balaban J connectivity index is 2.46. The van der Waals surface area contributed by atoms with Gasteiger partial charge < -0.3 is 5.32 Å². The van der Waals surface area contributed by atoms with Crippen LogP contribution >= 0.6 is 15.9 Å². The zero-order chi connectivity index (χ0) is 14.0. The fourth-order valence-electron chi connectivity index (χ4n) is 2.06. The topological polar surface area (TPSA) is 12.0 Å². The standard InChI is InChI=1S/C15H14BrF2N/c1-9-3-5-11(12(16)7-9)15(19-2)10-4-6-13(17)14(18)8-10/h3-8,15,19H,1-2H3. The van der Waals surface area contributed by atoms with Crippen molar-refractivity contribution in [3.05, 3.63) is 69.2 Å². The molecule has 0 aromatic heterocycles. The molecule has 19 heavy (non-hydrogen) atoms. The van der Waals surface area contributed by atoms with Crippen molar-refractivity contribution in [2.24, 2.45) is 0 Å². The van der Waals surface area contributed by atoms with Gasteiger partial charge in [-0.3, -0.25) is 0 Å². The zero-order valence-corrected chi connectivity index (χ0v) is 12.3. The molecule has 0 radical (unpaired) electrons. The first kappa shape index (κ1) is 14.2. The summed E-state index contributed by atoms with van der Waals surface area (Å²) in [6.45, 7) is 2.00. The summed E-state index contributed by atoms with van der Waals surface area (Å²) in [7, 11) is 1.79. The molecule has 0 amide bonds. The molecule has 0 saturated carbocycles. The molecular formula is C15H14BrF2N. The Kier molecular flexibility index (Phi) is 4.32. The predicted octanol–water partition coefficient (Wildman–Crippen LogP) is 4.34. The fourth-order valence-corrected chi connectivity index (χ4v) is 2.78. The van der Waals surface area contributed by atoms with Crippen LogP contribution < -0.4 is 5.32 Å². The normalized spacial score (nSPS) is 12.5. The third kappa shape index (κ3) is 3.01. The third-order valence-electron chi connectivity index (χ3n) is 3.03. The second kappa shape index (κ2) is 5.80. The van der Waals surface area contributed by atoms with Crippen molar-refractivity contribution in [2.45, 2.75) is 13.0 Å². The number of hydrogen-bond donors (Lipinski definition) is 1. The Morgan fingerprint density at radius 2 is 1.79 bits per heavy atom. The van der Waals surface area contributed by atoms with Crippen molar-refractivity contribution in [3.8, 4) is 0 Å². The van der Waals surface area contributed by atoms with Crippen molar-refractivity contribution >= 4 is 15.9 Å². The quantitative estimate of drug-likeness (QED) is 0.884. The van der Waals surface area contributed by atoms with Crippen LogP contribution in [-0.2, 0) is 0 Å². The van der Waals surface area contributed by atoms with E-state index in [4.69, 9.17) is 0 Å². The van der Waals surface area contributed by atoms with Gasteiger partial charge in [0.05, 0.1) is 6.04 Å². The monoisotopic (exact) mass is 325 g/mol. The number of benzene rings is 2. The summed E-state index contributed by atoms with van der Waals surface area (Å²) in [5.74, 6) is -1.66. The number of nitrogens with one attached hydrogen (secondary N) is 1. The van der Waals surface area contributed by atoms with Crippen LogP contribution in [0.15, 0.2) is 40.9 Å². The Hall–Kier alpha value is -1.26. The van der Waals surface area contributed by atoms with Crippen LogP contribution in [0.5, 0.6) is 0 Å². The van der Waals surface area contributed by atoms with Crippen molar-refractivity contribution < 1.29 is 8.78 Å². The minimum atomic E-state index is -0.832. The molecule has 0 aliphatic rings. The average molecular weight is 326 g/mol. The highest BCUT2D eigenvalue weighted by Gasteiger charge is 2.16. The number of rotatable bonds is 3. The van der Waals surface area contributed by atoms with Crippen molar-refractivity contribution in [1.82, 2.24) is 5.32 Å². The van der Waals surface area contributed by atoms with Crippen LogP contribution in [0.1, 0.15) is 22.7 Å². The molecule has 2 aromatic rings. The largest absolute Gasteiger partial charge is 0.309 e. The van der Waals surface area contributed by atoms with Gasteiger partial charge in [-0.25, -0.2) is 8.78 Å². The van der Waals surface area contributed by atoms with E-state index in [0.717, 1.165) is 21.7 Å². The third-order valence-corrected chi connectivity index (χ3v) is 3.72. The van der Waals surface area contributed by atoms with Gasteiger partial charge in [0.25, 0.3) is 0 Å². The summed E-state index contributed by atoms with van der Waals surface area (Å²) in [6, 6.07) is 9.74. The number of halogens is 3. The molecule has 1 atom stereocenters. The molecule has 2 aromatic carbocycles. The van der Waals surface area contributed by atoms with E-state index in [1.54, 1.807) is 13.1 Å². The molecule has 1 N–H and O–H groups in total. The minimum Gasteiger partial charge on any atom is -0.309 e. The molecule has 1 nitrogen and oxygen atoms in total. The van der Waals surface area contributed by atoms with E-state index in [-0.39, 0.29) is 6.04 Å². The van der Waals surface area contributed by atoms with Crippen LogP contribution in [0.4, 0.5) is 8.78 Å². The maximum atomic E-state index is 13.3. The molecule has 0 aliphatic heterocycles. The molecule has 0 heterocycles. The first-order valence-electron chi connectivity index (χ1n) is 5.91. The molecule has 0 spiro atoms. The van der Waals surface area contributed by atoms with Gasteiger partial charge in [0, 0.05) is 4.47 Å². The van der Waals surface area contributed by atoms with Gasteiger partial charge >= 0.3 is 0 Å². The van der Waals surface area contributed by atoms with Gasteiger partial charge in [0.15, 0.2) is 11.6 Å². The smallest absolute Gasteiger partial charge is 0.159 e. The molecule has 2 rings (SSSR count). The summed E-state index contributed by atoms with van der Waals surface area (Å²) in [4.78, 5) is 0. The second-order valence-corrected chi connectivity index (χ2v) is 5.27. The molecule has 4 heteroatoms. The summed E-state index contributed by atoms with van der Waals surface area (Å²) in [5, 5.41) is 3.12. The SMILES string of the molecule is CNC(c1ccc(F)c(F)c1)c1ccc(C)cc1Br. The van der Waals surface area contributed by atoms with Gasteiger partial charge in [0.2, 0.25) is 0 Å². The van der Waals surface area contributed by atoms with E-state index < -0.39 is 11.6 Å². The lowest BCUT2D eigenvalue weighted by Crippen LogP contribution is -2.18. The van der Waals surface area contributed by atoms with Crippen LogP contribution in [-0.4, -0.2) is 7.05 Å². The van der Waals surface area contributed by atoms with Gasteiger partial charge in [-0.05, 0) is 48.9 Å². The predicted molar refractivity (Wildman–Crippen MR) is 76.1 cm³/mol. The maximum absolute atomic E-state index is 13.3. The van der Waals surface area contributed by atoms with E-state index in [2.05, 4.69) is 21.2 Å². The van der Waals surface area contributed by atoms with E-state index >= 15 is 0 Å². The lowest BCUT2D eigenvalue weighted by molar-refractivity contribution is 0.505. The second-order valence-electron chi connectivity index (χ2n) is 4.42. The van der Waals surface area contributed by atoms with E-state index in [0.29, 0.717) is 5.56 Å². The highest BCUT2D eigenvalue weighted by molar-refractivity contribution is 9.10. The van der Waals surface area contributed by atoms with Crippen LogP contribution in [0.25, 0.3) is 0 Å². The van der Waals surface area contributed by atoms with Crippen molar-refractivity contribution in [3.63, 3.8) is 0 Å². The zero-order valence-electron chi connectivity index (χ0n) is 10.7. The number of aryl methyl sites for hydroxylation is 1. The van der Waals surface area contributed by atoms with Crippen LogP contribution in [0.3, 0.4) is 0 Å². The summed E-state index contributed by atoms with van der Waals surface area (Å²) in [5.41, 5.74) is 2.81.